The Hall–Kier alpha value is -1.87. The van der Waals surface area contributed by atoms with Crippen molar-refractivity contribution in [3.05, 3.63) is 59.0 Å². The second-order valence-electron chi connectivity index (χ2n) is 8.37. The van der Waals surface area contributed by atoms with Gasteiger partial charge in [-0.3, -0.25) is 9.00 Å². The van der Waals surface area contributed by atoms with Crippen LogP contribution >= 0.6 is 23.5 Å². The first-order chi connectivity index (χ1) is 16.2. The lowest BCUT2D eigenvalue weighted by Gasteiger charge is -2.34. The van der Waals surface area contributed by atoms with Crippen LogP contribution in [0.5, 0.6) is 5.75 Å². The van der Waals surface area contributed by atoms with Gasteiger partial charge in [-0.1, -0.05) is 35.9 Å². The van der Waals surface area contributed by atoms with Gasteiger partial charge in [0.15, 0.2) is 5.67 Å². The molecule has 1 heterocycles. The van der Waals surface area contributed by atoms with Crippen molar-refractivity contribution in [2.45, 2.75) is 43.4 Å². The average molecular weight is 525 g/mol. The summed E-state index contributed by atoms with van der Waals surface area (Å²) in [4.78, 5) is 13.4. The first-order valence-corrected chi connectivity index (χ1v) is 13.9. The summed E-state index contributed by atoms with van der Waals surface area (Å²) >= 11 is 8.03. The third kappa shape index (κ3) is 7.31. The quantitative estimate of drug-likeness (QED) is 0.432. The molecule has 184 valence electrons. The van der Waals surface area contributed by atoms with Crippen LogP contribution in [0, 0.1) is 0 Å². The van der Waals surface area contributed by atoms with E-state index in [1.54, 1.807) is 6.08 Å². The van der Waals surface area contributed by atoms with E-state index in [9.17, 15) is 9.00 Å². The summed E-state index contributed by atoms with van der Waals surface area (Å²) in [6.45, 7) is 4.97. The van der Waals surface area contributed by atoms with Gasteiger partial charge in [-0.15, -0.1) is 0 Å². The molecule has 1 aliphatic heterocycles. The lowest BCUT2D eigenvalue weighted by atomic mass is 9.93. The van der Waals surface area contributed by atoms with Crippen molar-refractivity contribution < 1.29 is 18.1 Å². The molecule has 0 aliphatic carbocycles. The second-order valence-corrected chi connectivity index (χ2v) is 11.2. The van der Waals surface area contributed by atoms with Crippen molar-refractivity contribution in [3.63, 3.8) is 0 Å². The molecule has 0 saturated carbocycles. The number of piperidine rings is 1. The Balaban J connectivity index is 1.70. The van der Waals surface area contributed by atoms with E-state index in [2.05, 4.69) is 9.62 Å². The number of carbonyl (C=O) groups is 1. The van der Waals surface area contributed by atoms with E-state index < -0.39 is 22.4 Å². The molecule has 1 fully saturated rings. The smallest absolute Gasteiger partial charge is 0.258 e. The highest BCUT2D eigenvalue weighted by atomic mass is 35.5. The van der Waals surface area contributed by atoms with E-state index in [-0.39, 0.29) is 25.5 Å². The van der Waals surface area contributed by atoms with Crippen LogP contribution in [0.25, 0.3) is 11.1 Å². The summed E-state index contributed by atoms with van der Waals surface area (Å²) in [5.74, 6) is 0.143. The molecule has 0 bridgehead atoms. The Morgan fingerprint density at radius 1 is 1.26 bits per heavy atom. The predicted octanol–water partition coefficient (Wildman–Crippen LogP) is 5.61. The molecular weight excluding hydrogens is 495 g/mol. The van der Waals surface area contributed by atoms with Gasteiger partial charge in [0.05, 0.1) is 6.10 Å². The number of nitrogens with zero attached hydrogens (tertiary/aromatic N) is 1. The summed E-state index contributed by atoms with van der Waals surface area (Å²) in [6.07, 6.45) is 3.36. The van der Waals surface area contributed by atoms with Gasteiger partial charge in [0.1, 0.15) is 5.75 Å². The number of carbonyl (C=O) groups excluding carboxylic acids is 1. The summed E-state index contributed by atoms with van der Waals surface area (Å²) in [6, 6.07) is 13.6. The second kappa shape index (κ2) is 12.2. The highest BCUT2D eigenvalue weighted by Crippen LogP contribution is 2.41. The Kier molecular flexibility index (Phi) is 9.59. The lowest BCUT2D eigenvalue weighted by Crippen LogP contribution is -2.49. The highest BCUT2D eigenvalue weighted by Gasteiger charge is 2.41. The van der Waals surface area contributed by atoms with Crippen LogP contribution in [0.1, 0.15) is 26.7 Å². The molecule has 0 aromatic heterocycles. The maximum absolute atomic E-state index is 15.3. The highest BCUT2D eigenvalue weighted by molar-refractivity contribution is 7.97. The predicted molar refractivity (Wildman–Crippen MR) is 139 cm³/mol. The van der Waals surface area contributed by atoms with Gasteiger partial charge in [-0.2, -0.15) is 0 Å². The van der Waals surface area contributed by atoms with Gasteiger partial charge < -0.3 is 10.1 Å². The van der Waals surface area contributed by atoms with Crippen LogP contribution < -0.4 is 10.1 Å². The minimum Gasteiger partial charge on any atom is -0.491 e. The standard InChI is InChI=1S/C25H30ClFN2O3S2/c1-18(2)32-19-9-10-23(21(17-19)20-7-4-5-8-22(20)26)33-29-14-11-25(27,12-15-29)24(30)28-13-6-16-34(3)31/h4-10,16-18H,11-15H2,1-3H3,(H,28,30)/b16-6-. The fourth-order valence-corrected chi connectivity index (χ4v) is 5.26. The fourth-order valence-electron chi connectivity index (χ4n) is 3.62. The molecule has 0 radical (unpaired) electrons. The van der Waals surface area contributed by atoms with Crippen molar-refractivity contribution >= 4 is 40.3 Å². The molecule has 3 rings (SSSR count). The SMILES string of the molecule is CC(C)Oc1ccc(SN2CCC(F)(C(=O)NC/C=C\S(C)=O)CC2)c(-c2ccccc2Cl)c1. The maximum atomic E-state index is 15.3. The molecule has 1 unspecified atom stereocenters. The Bertz CT molecular complexity index is 1060. The topological polar surface area (TPSA) is 58.6 Å². The number of benzene rings is 2. The molecule has 5 nitrogen and oxygen atoms in total. The van der Waals surface area contributed by atoms with Crippen LogP contribution in [-0.4, -0.2) is 52.1 Å². The fraction of sp³-hybridized carbons (Fsp3) is 0.400. The summed E-state index contributed by atoms with van der Waals surface area (Å²) in [5.41, 5.74) is -0.0570. The van der Waals surface area contributed by atoms with Crippen LogP contribution in [0.4, 0.5) is 4.39 Å². The third-order valence-corrected chi connectivity index (χ3v) is 7.39. The lowest BCUT2D eigenvalue weighted by molar-refractivity contribution is -0.135. The Morgan fingerprint density at radius 3 is 2.62 bits per heavy atom. The van der Waals surface area contributed by atoms with Crippen molar-refractivity contribution in [2.75, 3.05) is 25.9 Å². The van der Waals surface area contributed by atoms with Gasteiger partial charge in [-0.05, 0) is 55.5 Å². The minimum absolute atomic E-state index is 0.0446. The van der Waals surface area contributed by atoms with E-state index in [1.807, 2.05) is 56.3 Å². The van der Waals surface area contributed by atoms with Crippen LogP contribution in [0.3, 0.4) is 0 Å². The van der Waals surface area contributed by atoms with Crippen molar-refractivity contribution in [2.24, 2.45) is 0 Å². The van der Waals surface area contributed by atoms with Crippen molar-refractivity contribution in [1.29, 1.82) is 0 Å². The number of hydrogen-bond donors (Lipinski definition) is 1. The zero-order valence-corrected chi connectivity index (χ0v) is 21.9. The minimum atomic E-state index is -1.91. The molecule has 2 aromatic carbocycles. The zero-order valence-electron chi connectivity index (χ0n) is 19.6. The maximum Gasteiger partial charge on any atom is 0.258 e. The van der Waals surface area contributed by atoms with Gasteiger partial charge in [0, 0.05) is 70.6 Å². The molecular formula is C25H30ClFN2O3S2. The number of halogens is 2. The first kappa shape index (κ1) is 26.7. The van der Waals surface area contributed by atoms with E-state index >= 15 is 4.39 Å². The van der Waals surface area contributed by atoms with Gasteiger partial charge >= 0.3 is 0 Å². The number of amides is 1. The van der Waals surface area contributed by atoms with E-state index in [4.69, 9.17) is 16.3 Å². The molecule has 34 heavy (non-hydrogen) atoms. The Labute approximate surface area is 212 Å². The first-order valence-electron chi connectivity index (χ1n) is 11.1. The monoisotopic (exact) mass is 524 g/mol. The molecule has 0 spiro atoms. The van der Waals surface area contributed by atoms with Gasteiger partial charge in [0.2, 0.25) is 0 Å². The summed E-state index contributed by atoms with van der Waals surface area (Å²) < 4.78 is 34.3. The Morgan fingerprint density at radius 2 is 1.97 bits per heavy atom. The number of hydrogen-bond acceptors (Lipinski definition) is 5. The van der Waals surface area contributed by atoms with E-state index in [0.717, 1.165) is 21.8 Å². The number of rotatable bonds is 9. The molecule has 1 N–H and O–H groups in total. The largest absolute Gasteiger partial charge is 0.491 e. The zero-order chi connectivity index (χ0) is 24.7. The molecule has 9 heteroatoms. The van der Waals surface area contributed by atoms with E-state index in [1.165, 1.54) is 23.6 Å². The molecule has 2 aromatic rings. The molecule has 1 amide bonds. The third-order valence-electron chi connectivity index (χ3n) is 5.30. The molecule has 1 atom stereocenters. The normalized spacial score (nSPS) is 17.1. The number of ether oxygens (including phenoxy) is 1. The van der Waals surface area contributed by atoms with Gasteiger partial charge in [0.25, 0.3) is 5.91 Å². The molecule has 1 aliphatic rings. The number of alkyl halides is 1. The molecule has 1 saturated heterocycles. The van der Waals surface area contributed by atoms with Crippen LogP contribution in [0.2, 0.25) is 5.02 Å². The average Bonchev–Trinajstić information content (AvgIpc) is 2.79. The number of nitrogens with one attached hydrogen (secondary N) is 1. The van der Waals surface area contributed by atoms with E-state index in [0.29, 0.717) is 18.1 Å². The summed E-state index contributed by atoms with van der Waals surface area (Å²) in [7, 11) is -1.09. The summed E-state index contributed by atoms with van der Waals surface area (Å²) in [5, 5.41) is 4.70. The van der Waals surface area contributed by atoms with Gasteiger partial charge in [-0.25, -0.2) is 8.70 Å². The van der Waals surface area contributed by atoms with Crippen LogP contribution in [0.15, 0.2) is 58.8 Å². The van der Waals surface area contributed by atoms with Crippen molar-refractivity contribution in [3.8, 4) is 16.9 Å². The van der Waals surface area contributed by atoms with Crippen LogP contribution in [-0.2, 0) is 15.6 Å². The van der Waals surface area contributed by atoms with Crippen molar-refractivity contribution in [1.82, 2.24) is 9.62 Å².